The summed E-state index contributed by atoms with van der Waals surface area (Å²) < 4.78 is 0. The molecular weight excluding hydrogens is 198 g/mol. The number of halogens is 1. The summed E-state index contributed by atoms with van der Waals surface area (Å²) in [4.78, 5) is 0. The Morgan fingerprint density at radius 3 is 3.07 bits per heavy atom. The molecule has 2 rings (SSSR count). The van der Waals surface area contributed by atoms with Gasteiger partial charge in [-0.3, -0.25) is 0 Å². The minimum Gasteiger partial charge on any atom is -0.396 e. The molecule has 14 heavy (non-hydrogen) atoms. The zero-order valence-electron chi connectivity index (χ0n) is 8.18. The van der Waals surface area contributed by atoms with E-state index < -0.39 is 0 Å². The normalized spacial score (nSPS) is 20.1. The molecule has 2 N–H and O–H groups in total. The van der Waals surface area contributed by atoms with Crippen LogP contribution < -0.4 is 5.32 Å². The fourth-order valence-electron chi connectivity index (χ4n) is 1.92. The first-order chi connectivity index (χ1) is 6.72. The van der Waals surface area contributed by atoms with Gasteiger partial charge in [-0.15, -0.1) is 0 Å². The van der Waals surface area contributed by atoms with Crippen molar-refractivity contribution in [3.05, 3.63) is 28.3 Å². The summed E-state index contributed by atoms with van der Waals surface area (Å²) in [6.45, 7) is 3.13. The van der Waals surface area contributed by atoms with Crippen molar-refractivity contribution in [2.75, 3.05) is 18.5 Å². The standard InChI is InChI=1S/C11H14ClNO/c1-7-2-3-10(12)9-4-8(6-14)5-13-11(7)9/h2-3,8,13-14H,4-6H2,1H3. The van der Waals surface area contributed by atoms with Gasteiger partial charge in [-0.2, -0.15) is 0 Å². The van der Waals surface area contributed by atoms with Crippen LogP contribution >= 0.6 is 11.6 Å². The predicted molar refractivity (Wildman–Crippen MR) is 59.0 cm³/mol. The average molecular weight is 212 g/mol. The molecule has 1 aliphatic heterocycles. The summed E-state index contributed by atoms with van der Waals surface area (Å²) in [5.74, 6) is 0.293. The molecule has 1 unspecified atom stereocenters. The van der Waals surface area contributed by atoms with Gasteiger partial charge in [0, 0.05) is 29.8 Å². The first-order valence-electron chi connectivity index (χ1n) is 4.85. The second-order valence-electron chi connectivity index (χ2n) is 3.85. The zero-order valence-corrected chi connectivity index (χ0v) is 8.93. The van der Waals surface area contributed by atoms with Gasteiger partial charge in [-0.1, -0.05) is 17.7 Å². The molecule has 0 aliphatic carbocycles. The maximum Gasteiger partial charge on any atom is 0.0479 e. The Balaban J connectivity index is 2.40. The summed E-state index contributed by atoms with van der Waals surface area (Å²) >= 11 is 6.11. The van der Waals surface area contributed by atoms with E-state index in [1.807, 2.05) is 12.1 Å². The molecule has 1 atom stereocenters. The molecule has 0 spiro atoms. The van der Waals surface area contributed by atoms with Crippen molar-refractivity contribution in [2.24, 2.45) is 5.92 Å². The van der Waals surface area contributed by atoms with Crippen molar-refractivity contribution in [1.82, 2.24) is 0 Å². The smallest absolute Gasteiger partial charge is 0.0479 e. The topological polar surface area (TPSA) is 32.3 Å². The molecule has 3 heteroatoms. The Morgan fingerprint density at radius 2 is 2.36 bits per heavy atom. The van der Waals surface area contributed by atoms with Crippen LogP contribution in [0.5, 0.6) is 0 Å². The van der Waals surface area contributed by atoms with Crippen molar-refractivity contribution in [2.45, 2.75) is 13.3 Å². The van der Waals surface area contributed by atoms with Crippen LogP contribution in [-0.2, 0) is 6.42 Å². The number of nitrogens with one attached hydrogen (secondary N) is 1. The maximum atomic E-state index is 9.09. The van der Waals surface area contributed by atoms with E-state index in [0.29, 0.717) is 5.92 Å². The van der Waals surface area contributed by atoms with Crippen LogP contribution in [0.3, 0.4) is 0 Å². The van der Waals surface area contributed by atoms with E-state index in [4.69, 9.17) is 16.7 Å². The number of aliphatic hydroxyl groups is 1. The number of anilines is 1. The summed E-state index contributed by atoms with van der Waals surface area (Å²) in [5, 5.41) is 13.2. The SMILES string of the molecule is Cc1ccc(Cl)c2c1NCC(CO)C2. The van der Waals surface area contributed by atoms with Crippen molar-refractivity contribution < 1.29 is 5.11 Å². The van der Waals surface area contributed by atoms with Gasteiger partial charge in [-0.25, -0.2) is 0 Å². The van der Waals surface area contributed by atoms with Gasteiger partial charge in [0.25, 0.3) is 0 Å². The van der Waals surface area contributed by atoms with Gasteiger partial charge in [0.15, 0.2) is 0 Å². The van der Waals surface area contributed by atoms with E-state index in [9.17, 15) is 0 Å². The second-order valence-corrected chi connectivity index (χ2v) is 4.26. The van der Waals surface area contributed by atoms with E-state index in [1.54, 1.807) is 0 Å². The quantitative estimate of drug-likeness (QED) is 0.747. The highest BCUT2D eigenvalue weighted by Gasteiger charge is 2.20. The van der Waals surface area contributed by atoms with Crippen LogP contribution in [-0.4, -0.2) is 18.3 Å². The molecule has 1 aromatic rings. The molecule has 0 fully saturated rings. The lowest BCUT2D eigenvalue weighted by Crippen LogP contribution is -2.26. The lowest BCUT2D eigenvalue weighted by atomic mass is 9.93. The molecule has 0 radical (unpaired) electrons. The monoisotopic (exact) mass is 211 g/mol. The van der Waals surface area contributed by atoms with E-state index in [1.165, 1.54) is 5.56 Å². The van der Waals surface area contributed by atoms with Gasteiger partial charge >= 0.3 is 0 Å². The number of benzene rings is 1. The van der Waals surface area contributed by atoms with E-state index >= 15 is 0 Å². The Labute approximate surface area is 88.9 Å². The Morgan fingerprint density at radius 1 is 1.57 bits per heavy atom. The third-order valence-electron chi connectivity index (χ3n) is 2.78. The summed E-state index contributed by atoms with van der Waals surface area (Å²) in [7, 11) is 0. The Kier molecular flexibility index (Phi) is 2.66. The number of hydrogen-bond acceptors (Lipinski definition) is 2. The third-order valence-corrected chi connectivity index (χ3v) is 3.14. The van der Waals surface area contributed by atoms with Crippen molar-refractivity contribution in [3.63, 3.8) is 0 Å². The number of hydrogen-bond donors (Lipinski definition) is 2. The highest BCUT2D eigenvalue weighted by molar-refractivity contribution is 6.31. The van der Waals surface area contributed by atoms with Gasteiger partial charge < -0.3 is 10.4 Å². The van der Waals surface area contributed by atoms with Crippen molar-refractivity contribution in [1.29, 1.82) is 0 Å². The average Bonchev–Trinajstić information content (AvgIpc) is 2.23. The van der Waals surface area contributed by atoms with E-state index in [0.717, 1.165) is 29.2 Å². The number of fused-ring (bicyclic) bond motifs is 1. The van der Waals surface area contributed by atoms with E-state index in [-0.39, 0.29) is 6.61 Å². The summed E-state index contributed by atoms with van der Waals surface area (Å²) in [6.07, 6.45) is 0.874. The molecule has 0 amide bonds. The molecule has 0 saturated carbocycles. The zero-order chi connectivity index (χ0) is 10.1. The molecular formula is C11H14ClNO. The van der Waals surface area contributed by atoms with Gasteiger partial charge in [0.1, 0.15) is 0 Å². The highest BCUT2D eigenvalue weighted by atomic mass is 35.5. The lowest BCUT2D eigenvalue weighted by molar-refractivity contribution is 0.230. The van der Waals surface area contributed by atoms with Crippen LogP contribution in [0.4, 0.5) is 5.69 Å². The summed E-state index contributed by atoms with van der Waals surface area (Å²) in [6, 6.07) is 3.95. The molecule has 1 heterocycles. The largest absolute Gasteiger partial charge is 0.396 e. The highest BCUT2D eigenvalue weighted by Crippen LogP contribution is 2.33. The van der Waals surface area contributed by atoms with Crippen LogP contribution in [0.15, 0.2) is 12.1 Å². The van der Waals surface area contributed by atoms with Gasteiger partial charge in [-0.05, 0) is 30.5 Å². The molecule has 0 bridgehead atoms. The minimum absolute atomic E-state index is 0.219. The van der Waals surface area contributed by atoms with Crippen LogP contribution in [0, 0.1) is 12.8 Å². The van der Waals surface area contributed by atoms with Gasteiger partial charge in [0.05, 0.1) is 0 Å². The van der Waals surface area contributed by atoms with E-state index in [2.05, 4.69) is 12.2 Å². The first kappa shape index (κ1) is 9.81. The number of rotatable bonds is 1. The fourth-order valence-corrected chi connectivity index (χ4v) is 2.16. The lowest BCUT2D eigenvalue weighted by Gasteiger charge is -2.26. The predicted octanol–water partition coefficient (Wildman–Crippen LogP) is 2.22. The van der Waals surface area contributed by atoms with Crippen molar-refractivity contribution in [3.8, 4) is 0 Å². The maximum absolute atomic E-state index is 9.09. The molecule has 1 aromatic carbocycles. The van der Waals surface area contributed by atoms with Crippen LogP contribution in [0.25, 0.3) is 0 Å². The molecule has 1 aliphatic rings. The number of aliphatic hydroxyl groups excluding tert-OH is 1. The second kappa shape index (κ2) is 3.79. The molecule has 76 valence electrons. The van der Waals surface area contributed by atoms with Crippen LogP contribution in [0.1, 0.15) is 11.1 Å². The Bertz CT molecular complexity index is 351. The van der Waals surface area contributed by atoms with Crippen LogP contribution in [0.2, 0.25) is 5.02 Å². The first-order valence-corrected chi connectivity index (χ1v) is 5.23. The summed E-state index contributed by atoms with van der Waals surface area (Å²) in [5.41, 5.74) is 3.53. The Hall–Kier alpha value is -0.730. The molecule has 2 nitrogen and oxygen atoms in total. The molecule has 0 aromatic heterocycles. The van der Waals surface area contributed by atoms with Crippen molar-refractivity contribution >= 4 is 17.3 Å². The minimum atomic E-state index is 0.219. The fraction of sp³-hybridized carbons (Fsp3) is 0.455. The third kappa shape index (κ3) is 1.60. The number of aryl methyl sites for hydroxylation is 1. The van der Waals surface area contributed by atoms with Gasteiger partial charge in [0.2, 0.25) is 0 Å². The molecule has 0 saturated heterocycles.